The molecular formula is C30H46O3. The van der Waals surface area contributed by atoms with E-state index in [4.69, 9.17) is 4.74 Å². The van der Waals surface area contributed by atoms with E-state index in [1.807, 2.05) is 0 Å². The Kier molecular flexibility index (Phi) is 6.75. The van der Waals surface area contributed by atoms with Gasteiger partial charge in [-0.1, -0.05) is 59.3 Å². The Balaban J connectivity index is 1.56. The van der Waals surface area contributed by atoms with Gasteiger partial charge in [-0.05, 0) is 97.4 Å². The first-order valence-electron chi connectivity index (χ1n) is 13.6. The fourth-order valence-electron chi connectivity index (χ4n) is 8.28. The van der Waals surface area contributed by atoms with Crippen molar-refractivity contribution in [2.75, 3.05) is 0 Å². The first-order chi connectivity index (χ1) is 15.5. The third-order valence-electron chi connectivity index (χ3n) is 10.7. The molecule has 0 unspecified atom stereocenters. The standard InChI is InChI=1S/C30H46O3/c1-18(2)19(3)8-9-20(4)24-10-11-25-23-17-28(32)27-16-22(33-21(5)31)12-14-30(27,7)26(23)13-15-29(24,25)6/h8-9,17-20,22,24-27H,10-16H2,1-7H3/b9-8+/t19-,20+,22+,24+,25-,26+,27+,29+,30-/m0/s1. The summed E-state index contributed by atoms with van der Waals surface area (Å²) >= 11 is 0. The van der Waals surface area contributed by atoms with Gasteiger partial charge in [-0.3, -0.25) is 9.59 Å². The molecule has 3 fully saturated rings. The predicted molar refractivity (Wildman–Crippen MR) is 133 cm³/mol. The maximum absolute atomic E-state index is 13.4. The van der Waals surface area contributed by atoms with Crippen molar-refractivity contribution in [3.05, 3.63) is 23.8 Å². The highest BCUT2D eigenvalue weighted by Crippen LogP contribution is 2.66. The van der Waals surface area contributed by atoms with Gasteiger partial charge in [0.1, 0.15) is 6.10 Å². The molecule has 0 bridgehead atoms. The van der Waals surface area contributed by atoms with E-state index in [1.54, 1.807) is 0 Å². The highest BCUT2D eigenvalue weighted by atomic mass is 16.5. The van der Waals surface area contributed by atoms with Gasteiger partial charge < -0.3 is 4.74 Å². The molecule has 3 saturated carbocycles. The van der Waals surface area contributed by atoms with Crippen molar-refractivity contribution in [3.8, 4) is 0 Å². The number of esters is 1. The Morgan fingerprint density at radius 3 is 2.30 bits per heavy atom. The number of fused-ring (bicyclic) bond motifs is 5. The fourth-order valence-corrected chi connectivity index (χ4v) is 8.28. The predicted octanol–water partition coefficient (Wildman–Crippen LogP) is 7.16. The summed E-state index contributed by atoms with van der Waals surface area (Å²) < 4.78 is 5.53. The summed E-state index contributed by atoms with van der Waals surface area (Å²) in [6.45, 7) is 15.7. The number of carbonyl (C=O) groups excluding carboxylic acids is 2. The quantitative estimate of drug-likeness (QED) is 0.327. The van der Waals surface area contributed by atoms with Crippen LogP contribution in [0.15, 0.2) is 23.8 Å². The van der Waals surface area contributed by atoms with Crippen LogP contribution in [0.4, 0.5) is 0 Å². The van der Waals surface area contributed by atoms with Crippen molar-refractivity contribution in [1.29, 1.82) is 0 Å². The second-order valence-electron chi connectivity index (χ2n) is 12.8. The van der Waals surface area contributed by atoms with Gasteiger partial charge in [0.15, 0.2) is 5.78 Å². The van der Waals surface area contributed by atoms with Crippen LogP contribution in [0.1, 0.15) is 93.4 Å². The second kappa shape index (κ2) is 9.00. The molecule has 0 aromatic carbocycles. The zero-order valence-electron chi connectivity index (χ0n) is 22.0. The van der Waals surface area contributed by atoms with Crippen molar-refractivity contribution in [3.63, 3.8) is 0 Å². The van der Waals surface area contributed by atoms with Crippen LogP contribution in [-0.4, -0.2) is 17.9 Å². The van der Waals surface area contributed by atoms with E-state index in [1.165, 1.54) is 38.2 Å². The molecule has 0 heterocycles. The number of hydrogen-bond donors (Lipinski definition) is 0. The summed E-state index contributed by atoms with van der Waals surface area (Å²) in [5.74, 6) is 3.72. The Labute approximate surface area is 201 Å². The zero-order valence-corrected chi connectivity index (χ0v) is 22.0. The minimum absolute atomic E-state index is 0.00489. The van der Waals surface area contributed by atoms with Gasteiger partial charge in [0.2, 0.25) is 0 Å². The monoisotopic (exact) mass is 454 g/mol. The smallest absolute Gasteiger partial charge is 0.302 e. The molecule has 3 heteroatoms. The van der Waals surface area contributed by atoms with Crippen LogP contribution in [0.5, 0.6) is 0 Å². The van der Waals surface area contributed by atoms with Crippen LogP contribution >= 0.6 is 0 Å². The minimum Gasteiger partial charge on any atom is -0.463 e. The highest BCUT2D eigenvalue weighted by molar-refractivity contribution is 5.94. The lowest BCUT2D eigenvalue weighted by atomic mass is 9.47. The van der Waals surface area contributed by atoms with Gasteiger partial charge in [-0.2, -0.15) is 0 Å². The molecule has 33 heavy (non-hydrogen) atoms. The molecule has 4 aliphatic carbocycles. The van der Waals surface area contributed by atoms with Crippen LogP contribution in [0, 0.1) is 52.3 Å². The van der Waals surface area contributed by atoms with Crippen LogP contribution in [-0.2, 0) is 14.3 Å². The lowest BCUT2D eigenvalue weighted by Crippen LogP contribution is -2.52. The lowest BCUT2D eigenvalue weighted by Gasteiger charge is -2.57. The molecule has 0 saturated heterocycles. The van der Waals surface area contributed by atoms with Crippen LogP contribution < -0.4 is 0 Å². The maximum atomic E-state index is 13.4. The molecule has 0 aromatic rings. The van der Waals surface area contributed by atoms with Crippen molar-refractivity contribution in [1.82, 2.24) is 0 Å². The summed E-state index contributed by atoms with van der Waals surface area (Å²) in [6, 6.07) is 0. The third-order valence-corrected chi connectivity index (χ3v) is 10.7. The van der Waals surface area contributed by atoms with E-state index in [2.05, 4.69) is 59.8 Å². The van der Waals surface area contributed by atoms with E-state index in [0.29, 0.717) is 53.1 Å². The van der Waals surface area contributed by atoms with Gasteiger partial charge in [0.25, 0.3) is 0 Å². The molecule has 0 aliphatic heterocycles. The lowest BCUT2D eigenvalue weighted by molar-refractivity contribution is -0.155. The Bertz CT molecular complexity index is 837. The second-order valence-corrected chi connectivity index (χ2v) is 12.8. The summed E-state index contributed by atoms with van der Waals surface area (Å²) in [7, 11) is 0. The molecule has 184 valence electrons. The van der Waals surface area contributed by atoms with Gasteiger partial charge in [-0.25, -0.2) is 0 Å². The number of rotatable bonds is 5. The minimum atomic E-state index is -0.223. The number of ketones is 1. The molecule has 9 atom stereocenters. The fraction of sp³-hybridized carbons (Fsp3) is 0.800. The summed E-state index contributed by atoms with van der Waals surface area (Å²) in [5, 5.41) is 0. The van der Waals surface area contributed by atoms with E-state index >= 15 is 0 Å². The van der Waals surface area contributed by atoms with E-state index in [0.717, 1.165) is 12.8 Å². The number of allylic oxidation sites excluding steroid dienone is 4. The molecule has 0 amide bonds. The first kappa shape index (κ1) is 24.7. The average molecular weight is 455 g/mol. The summed E-state index contributed by atoms with van der Waals surface area (Å²) in [6.07, 6.45) is 14.5. The normalized spacial score (nSPS) is 42.4. The summed E-state index contributed by atoms with van der Waals surface area (Å²) in [5.41, 5.74) is 1.80. The highest BCUT2D eigenvalue weighted by Gasteiger charge is 2.59. The Morgan fingerprint density at radius 2 is 1.64 bits per heavy atom. The van der Waals surface area contributed by atoms with Gasteiger partial charge in [0, 0.05) is 12.8 Å². The molecule has 0 aromatic heterocycles. The van der Waals surface area contributed by atoms with E-state index in [9.17, 15) is 9.59 Å². The largest absolute Gasteiger partial charge is 0.463 e. The molecule has 4 aliphatic rings. The van der Waals surface area contributed by atoms with E-state index < -0.39 is 0 Å². The summed E-state index contributed by atoms with van der Waals surface area (Å²) in [4.78, 5) is 24.9. The van der Waals surface area contributed by atoms with E-state index in [-0.39, 0.29) is 23.4 Å². The zero-order chi connectivity index (χ0) is 24.1. The maximum Gasteiger partial charge on any atom is 0.302 e. The van der Waals surface area contributed by atoms with Gasteiger partial charge in [-0.15, -0.1) is 0 Å². The molecular weight excluding hydrogens is 408 g/mol. The van der Waals surface area contributed by atoms with Crippen molar-refractivity contribution >= 4 is 11.8 Å². The molecule has 0 spiro atoms. The molecule has 0 radical (unpaired) electrons. The van der Waals surface area contributed by atoms with Gasteiger partial charge in [0.05, 0.1) is 0 Å². The third kappa shape index (κ3) is 4.27. The number of ether oxygens (including phenoxy) is 1. The molecule has 4 rings (SSSR count). The van der Waals surface area contributed by atoms with Crippen LogP contribution in [0.25, 0.3) is 0 Å². The first-order valence-corrected chi connectivity index (χ1v) is 13.6. The SMILES string of the molecule is CC(=O)O[C@@H]1CC[C@]2(C)[C@H](C1)C(=O)C=C1[C@H]2CC[C@]2(C)[C@@H]([C@H](C)/C=C/[C@H](C)C(C)C)CC[C@@H]12. The van der Waals surface area contributed by atoms with Crippen molar-refractivity contribution in [2.45, 2.75) is 99.5 Å². The molecule has 3 nitrogen and oxygen atoms in total. The van der Waals surface area contributed by atoms with Crippen molar-refractivity contribution in [2.24, 2.45) is 52.3 Å². The topological polar surface area (TPSA) is 43.4 Å². The Morgan fingerprint density at radius 1 is 0.970 bits per heavy atom. The average Bonchev–Trinajstić information content (AvgIpc) is 3.10. The van der Waals surface area contributed by atoms with Crippen LogP contribution in [0.3, 0.4) is 0 Å². The van der Waals surface area contributed by atoms with Crippen molar-refractivity contribution < 1.29 is 14.3 Å². The number of carbonyl (C=O) groups is 2. The Hall–Kier alpha value is -1.38. The number of hydrogen-bond acceptors (Lipinski definition) is 3. The van der Waals surface area contributed by atoms with Gasteiger partial charge >= 0.3 is 5.97 Å². The van der Waals surface area contributed by atoms with Crippen LogP contribution in [0.2, 0.25) is 0 Å². The molecule has 0 N–H and O–H groups in total.